The van der Waals surface area contributed by atoms with Crippen molar-refractivity contribution in [1.82, 2.24) is 39.9 Å². The van der Waals surface area contributed by atoms with E-state index in [1.165, 1.54) is 0 Å². The third-order valence-corrected chi connectivity index (χ3v) is 5.46. The van der Waals surface area contributed by atoms with Gasteiger partial charge in [0.1, 0.15) is 6.33 Å². The van der Waals surface area contributed by atoms with Crippen molar-refractivity contribution < 1.29 is 0 Å². The Morgan fingerprint density at radius 3 is 2.50 bits per heavy atom. The Labute approximate surface area is 194 Å². The molecule has 34 heavy (non-hydrogen) atoms. The molecule has 9 heteroatoms. The van der Waals surface area contributed by atoms with Gasteiger partial charge in [-0.2, -0.15) is 5.10 Å². The zero-order chi connectivity index (χ0) is 22.9. The van der Waals surface area contributed by atoms with Crippen LogP contribution in [-0.2, 0) is 0 Å². The third kappa shape index (κ3) is 3.86. The van der Waals surface area contributed by atoms with Gasteiger partial charge in [0, 0.05) is 46.5 Å². The monoisotopic (exact) mass is 445 g/mol. The summed E-state index contributed by atoms with van der Waals surface area (Å²) in [5, 5.41) is 15.7. The number of nitrogens with one attached hydrogen (secondary N) is 2. The zero-order valence-corrected chi connectivity index (χ0v) is 18.2. The molecule has 0 saturated heterocycles. The van der Waals surface area contributed by atoms with Gasteiger partial charge in [-0.05, 0) is 55.0 Å². The fourth-order valence-corrected chi connectivity index (χ4v) is 3.62. The maximum atomic E-state index is 4.68. The summed E-state index contributed by atoms with van der Waals surface area (Å²) in [6.07, 6.45) is 8.94. The van der Waals surface area contributed by atoms with Crippen LogP contribution in [0.4, 0.5) is 11.6 Å². The average Bonchev–Trinajstić information content (AvgIpc) is 3.58. The molecule has 4 heterocycles. The first kappa shape index (κ1) is 19.7. The summed E-state index contributed by atoms with van der Waals surface area (Å²) >= 11 is 0. The first-order valence-electron chi connectivity index (χ1n) is 10.7. The summed E-state index contributed by atoms with van der Waals surface area (Å²) in [7, 11) is 0. The molecule has 0 spiro atoms. The second-order valence-electron chi connectivity index (χ2n) is 7.83. The molecule has 0 atom stereocenters. The van der Waals surface area contributed by atoms with E-state index in [0.717, 1.165) is 44.7 Å². The Kier molecular flexibility index (Phi) is 4.77. The quantitative estimate of drug-likeness (QED) is 0.395. The van der Waals surface area contributed by atoms with Crippen molar-refractivity contribution in [2.24, 2.45) is 0 Å². The predicted molar refractivity (Wildman–Crippen MR) is 130 cm³/mol. The molecule has 9 nitrogen and oxygen atoms in total. The highest BCUT2D eigenvalue weighted by molar-refractivity contribution is 5.84. The van der Waals surface area contributed by atoms with Crippen LogP contribution in [0, 0.1) is 6.92 Å². The fourth-order valence-electron chi connectivity index (χ4n) is 3.62. The minimum Gasteiger partial charge on any atom is -0.324 e. The minimum atomic E-state index is 0.527. The number of benzene rings is 2. The van der Waals surface area contributed by atoms with E-state index in [2.05, 4.69) is 40.5 Å². The summed E-state index contributed by atoms with van der Waals surface area (Å²) in [5.74, 6) is 1.16. The summed E-state index contributed by atoms with van der Waals surface area (Å²) in [4.78, 5) is 17.8. The number of aromatic amines is 1. The second-order valence-corrected chi connectivity index (χ2v) is 7.83. The topological polar surface area (TPSA) is 110 Å². The van der Waals surface area contributed by atoms with Gasteiger partial charge in [0.25, 0.3) is 0 Å². The van der Waals surface area contributed by atoms with Crippen LogP contribution in [0.3, 0.4) is 0 Å². The predicted octanol–water partition coefficient (Wildman–Crippen LogP) is 4.71. The van der Waals surface area contributed by atoms with Crippen molar-refractivity contribution in [2.75, 3.05) is 5.32 Å². The zero-order valence-electron chi connectivity index (χ0n) is 18.2. The van der Waals surface area contributed by atoms with E-state index in [4.69, 9.17) is 0 Å². The van der Waals surface area contributed by atoms with E-state index >= 15 is 0 Å². The van der Waals surface area contributed by atoms with Gasteiger partial charge in [0.2, 0.25) is 5.95 Å². The van der Waals surface area contributed by atoms with E-state index in [1.807, 2.05) is 73.9 Å². The number of anilines is 2. The molecule has 0 aliphatic carbocycles. The molecule has 0 radical (unpaired) electrons. The van der Waals surface area contributed by atoms with Crippen molar-refractivity contribution in [3.63, 3.8) is 0 Å². The van der Waals surface area contributed by atoms with E-state index in [0.29, 0.717) is 11.8 Å². The van der Waals surface area contributed by atoms with Crippen LogP contribution >= 0.6 is 0 Å². The number of aromatic nitrogens is 8. The lowest BCUT2D eigenvalue weighted by molar-refractivity contribution is 0.882. The molecule has 0 fully saturated rings. The second kappa shape index (κ2) is 8.21. The van der Waals surface area contributed by atoms with Gasteiger partial charge in [0.15, 0.2) is 5.82 Å². The summed E-state index contributed by atoms with van der Waals surface area (Å²) in [5.41, 5.74) is 6.52. The molecule has 6 rings (SSSR count). The van der Waals surface area contributed by atoms with Gasteiger partial charge >= 0.3 is 0 Å². The number of rotatable bonds is 5. The number of aryl methyl sites for hydroxylation is 1. The molecular formula is C25H19N9. The van der Waals surface area contributed by atoms with Crippen LogP contribution < -0.4 is 5.32 Å². The molecule has 4 aromatic heterocycles. The van der Waals surface area contributed by atoms with Crippen LogP contribution in [0.25, 0.3) is 39.1 Å². The van der Waals surface area contributed by atoms with Crippen LogP contribution in [0.1, 0.15) is 5.69 Å². The molecular weight excluding hydrogens is 426 g/mol. The molecule has 0 saturated carbocycles. The van der Waals surface area contributed by atoms with Gasteiger partial charge in [-0.25, -0.2) is 19.6 Å². The van der Waals surface area contributed by atoms with Crippen LogP contribution in [0.5, 0.6) is 0 Å². The minimum absolute atomic E-state index is 0.527. The largest absolute Gasteiger partial charge is 0.324 e. The number of fused-ring (bicyclic) bond motifs is 1. The van der Waals surface area contributed by atoms with Crippen molar-refractivity contribution in [3.8, 4) is 28.2 Å². The molecule has 2 aromatic carbocycles. The molecule has 2 N–H and O–H groups in total. The van der Waals surface area contributed by atoms with Crippen molar-refractivity contribution in [2.45, 2.75) is 6.92 Å². The average molecular weight is 445 g/mol. The van der Waals surface area contributed by atoms with E-state index < -0.39 is 0 Å². The fraction of sp³-hybridized carbons (Fsp3) is 0.0400. The molecule has 0 bridgehead atoms. The maximum Gasteiger partial charge on any atom is 0.227 e. The summed E-state index contributed by atoms with van der Waals surface area (Å²) in [6.45, 7) is 1.95. The molecule has 6 aromatic rings. The lowest BCUT2D eigenvalue weighted by Crippen LogP contribution is -1.99. The van der Waals surface area contributed by atoms with Crippen LogP contribution in [0.2, 0.25) is 0 Å². The normalized spacial score (nSPS) is 11.1. The van der Waals surface area contributed by atoms with Gasteiger partial charge in [-0.1, -0.05) is 12.1 Å². The summed E-state index contributed by atoms with van der Waals surface area (Å²) < 4.78 is 1.74. The number of pyridine rings is 1. The molecule has 0 amide bonds. The van der Waals surface area contributed by atoms with Gasteiger partial charge in [0.05, 0.1) is 17.4 Å². The highest BCUT2D eigenvalue weighted by Gasteiger charge is 2.08. The number of H-pyrrole nitrogens is 1. The van der Waals surface area contributed by atoms with E-state index in [9.17, 15) is 0 Å². The van der Waals surface area contributed by atoms with Crippen molar-refractivity contribution in [1.29, 1.82) is 0 Å². The Morgan fingerprint density at radius 1 is 0.824 bits per heavy atom. The Morgan fingerprint density at radius 2 is 1.71 bits per heavy atom. The van der Waals surface area contributed by atoms with Gasteiger partial charge in [-0.15, -0.1) is 5.10 Å². The first-order valence-corrected chi connectivity index (χ1v) is 10.7. The van der Waals surface area contributed by atoms with Crippen molar-refractivity contribution >= 4 is 22.5 Å². The SMILES string of the molecule is Cc1ccc(-c2ncn(-c3ccc(Nc4ncc5ccc(-c6cn[nH]c6)cc5n4)cc3)n2)cn1. The van der Waals surface area contributed by atoms with E-state index in [-0.39, 0.29) is 0 Å². The van der Waals surface area contributed by atoms with E-state index in [1.54, 1.807) is 23.4 Å². The number of hydrogen-bond donors (Lipinski definition) is 2. The first-order chi connectivity index (χ1) is 16.7. The van der Waals surface area contributed by atoms with Crippen molar-refractivity contribution in [3.05, 3.63) is 91.4 Å². The standard InChI is InChI=1S/C25H19N9/c1-16-2-3-19(12-26-16)24-28-15-34(33-24)22-8-6-21(7-9-22)31-25-27-11-18-5-4-17(10-23(18)32-25)20-13-29-30-14-20/h2-15H,1H3,(H,29,30)(H,27,31,32). The van der Waals surface area contributed by atoms with Crippen LogP contribution in [-0.4, -0.2) is 39.9 Å². The number of hydrogen-bond acceptors (Lipinski definition) is 7. The lowest BCUT2D eigenvalue weighted by Gasteiger charge is -2.08. The Balaban J connectivity index is 1.21. The van der Waals surface area contributed by atoms with Crippen LogP contribution in [0.15, 0.2) is 85.7 Å². The molecule has 0 aliphatic rings. The summed E-state index contributed by atoms with van der Waals surface area (Å²) in [6, 6.07) is 17.8. The smallest absolute Gasteiger partial charge is 0.227 e. The molecule has 0 aliphatic heterocycles. The molecule has 164 valence electrons. The maximum absolute atomic E-state index is 4.68. The number of nitrogens with zero attached hydrogens (tertiary/aromatic N) is 7. The highest BCUT2D eigenvalue weighted by Crippen LogP contribution is 2.24. The molecule has 0 unspecified atom stereocenters. The lowest BCUT2D eigenvalue weighted by atomic mass is 10.1. The Bertz CT molecular complexity index is 1570. The Hall–Kier alpha value is -4.92. The highest BCUT2D eigenvalue weighted by atomic mass is 15.3. The van der Waals surface area contributed by atoms with Gasteiger partial charge in [-0.3, -0.25) is 10.1 Å². The van der Waals surface area contributed by atoms with Gasteiger partial charge < -0.3 is 5.32 Å². The third-order valence-electron chi connectivity index (χ3n) is 5.46.